The second-order valence-corrected chi connectivity index (χ2v) is 5.78. The van der Waals surface area contributed by atoms with Gasteiger partial charge in [-0.15, -0.1) is 23.5 Å². The predicted molar refractivity (Wildman–Crippen MR) is 75.0 cm³/mol. The lowest BCUT2D eigenvalue weighted by molar-refractivity contribution is -0.118. The molecule has 0 atom stereocenters. The molecule has 1 aromatic rings. The molecule has 1 aliphatic heterocycles. The first-order valence-corrected chi connectivity index (χ1v) is 7.78. The van der Waals surface area contributed by atoms with Crippen molar-refractivity contribution in [3.63, 3.8) is 0 Å². The molecule has 1 aromatic carbocycles. The molecule has 92 valence electrons. The van der Waals surface area contributed by atoms with Crippen LogP contribution in [0.3, 0.4) is 0 Å². The van der Waals surface area contributed by atoms with Crippen LogP contribution in [0, 0.1) is 0 Å². The molecule has 1 aliphatic rings. The first-order chi connectivity index (χ1) is 8.26. The lowest BCUT2D eigenvalue weighted by Crippen LogP contribution is -2.36. The fraction of sp³-hybridized carbons (Fsp3) is 0.417. The minimum Gasteiger partial charge on any atom is -0.330 e. The van der Waals surface area contributed by atoms with Crippen molar-refractivity contribution in [2.24, 2.45) is 5.73 Å². The number of nitrogens with zero attached hydrogens (tertiary/aromatic N) is 1. The van der Waals surface area contributed by atoms with Crippen molar-refractivity contribution in [3.8, 4) is 0 Å². The Morgan fingerprint density at radius 1 is 1.59 bits per heavy atom. The van der Waals surface area contributed by atoms with Gasteiger partial charge in [0.15, 0.2) is 0 Å². The topological polar surface area (TPSA) is 46.3 Å². The lowest BCUT2D eigenvalue weighted by atomic mass is 10.2. The first kappa shape index (κ1) is 12.8. The van der Waals surface area contributed by atoms with Crippen molar-refractivity contribution in [2.45, 2.75) is 16.2 Å². The largest absolute Gasteiger partial charge is 0.330 e. The van der Waals surface area contributed by atoms with Crippen LogP contribution in [0.1, 0.15) is 6.42 Å². The van der Waals surface area contributed by atoms with Crippen LogP contribution in [0.2, 0.25) is 0 Å². The summed E-state index contributed by atoms with van der Waals surface area (Å²) in [4.78, 5) is 16.3. The first-order valence-electron chi connectivity index (χ1n) is 5.57. The Labute approximate surface area is 110 Å². The van der Waals surface area contributed by atoms with E-state index in [-0.39, 0.29) is 5.91 Å². The molecule has 0 saturated carbocycles. The van der Waals surface area contributed by atoms with Gasteiger partial charge in [0.1, 0.15) is 0 Å². The average molecular weight is 268 g/mol. The number of anilines is 1. The second kappa shape index (κ2) is 5.80. The molecule has 3 nitrogen and oxygen atoms in total. The third-order valence-corrected chi connectivity index (χ3v) is 4.44. The van der Waals surface area contributed by atoms with Gasteiger partial charge in [0.2, 0.25) is 5.91 Å². The Morgan fingerprint density at radius 2 is 2.41 bits per heavy atom. The number of benzene rings is 1. The molecule has 0 aromatic heterocycles. The van der Waals surface area contributed by atoms with Gasteiger partial charge in [-0.25, -0.2) is 0 Å². The number of hydrogen-bond acceptors (Lipinski definition) is 4. The van der Waals surface area contributed by atoms with Gasteiger partial charge in [0.25, 0.3) is 0 Å². The van der Waals surface area contributed by atoms with Gasteiger partial charge >= 0.3 is 0 Å². The fourth-order valence-corrected chi connectivity index (χ4v) is 3.39. The summed E-state index contributed by atoms with van der Waals surface area (Å²) in [6.07, 6.45) is 2.49. The standard InChI is InChI=1S/C12H16N2OS2/c1-16-9-2-3-10-11(8-9)17-7-6-14(10)12(15)4-5-13/h2-3,8H,4-7,13H2,1H3. The van der Waals surface area contributed by atoms with Gasteiger partial charge in [-0.1, -0.05) is 0 Å². The van der Waals surface area contributed by atoms with Crippen LogP contribution in [-0.4, -0.2) is 31.0 Å². The molecule has 0 saturated heterocycles. The molecule has 1 amide bonds. The van der Waals surface area contributed by atoms with E-state index in [1.165, 1.54) is 9.79 Å². The zero-order chi connectivity index (χ0) is 12.3. The van der Waals surface area contributed by atoms with Crippen molar-refractivity contribution in [3.05, 3.63) is 18.2 Å². The van der Waals surface area contributed by atoms with Crippen molar-refractivity contribution >= 4 is 35.1 Å². The summed E-state index contributed by atoms with van der Waals surface area (Å²) in [5, 5.41) is 0. The summed E-state index contributed by atoms with van der Waals surface area (Å²) in [5.41, 5.74) is 6.49. The van der Waals surface area contributed by atoms with Crippen LogP contribution in [0.5, 0.6) is 0 Å². The van der Waals surface area contributed by atoms with Gasteiger partial charge in [0.05, 0.1) is 5.69 Å². The minimum atomic E-state index is 0.131. The normalized spacial score (nSPS) is 14.6. The van der Waals surface area contributed by atoms with E-state index in [2.05, 4.69) is 18.4 Å². The Hall–Kier alpha value is -0.650. The maximum Gasteiger partial charge on any atom is 0.228 e. The summed E-state index contributed by atoms with van der Waals surface area (Å²) in [6, 6.07) is 6.27. The van der Waals surface area contributed by atoms with Gasteiger partial charge in [-0.3, -0.25) is 4.79 Å². The van der Waals surface area contributed by atoms with Gasteiger partial charge in [-0.05, 0) is 24.5 Å². The van der Waals surface area contributed by atoms with E-state index in [1.807, 2.05) is 22.7 Å². The zero-order valence-electron chi connectivity index (χ0n) is 9.81. The summed E-state index contributed by atoms with van der Waals surface area (Å²) in [6.45, 7) is 1.20. The van der Waals surface area contributed by atoms with Crippen molar-refractivity contribution in [2.75, 3.05) is 30.0 Å². The summed E-state index contributed by atoms with van der Waals surface area (Å²) in [5.74, 6) is 1.09. The van der Waals surface area contributed by atoms with E-state index in [0.717, 1.165) is 18.0 Å². The second-order valence-electron chi connectivity index (χ2n) is 3.77. The predicted octanol–water partition coefficient (Wildman–Crippen LogP) is 2.20. The number of amides is 1. The van der Waals surface area contributed by atoms with Crippen LogP contribution in [0.25, 0.3) is 0 Å². The monoisotopic (exact) mass is 268 g/mol. The molecule has 5 heteroatoms. The van der Waals surface area contributed by atoms with Crippen LogP contribution in [-0.2, 0) is 4.79 Å². The van der Waals surface area contributed by atoms with Crippen molar-refractivity contribution in [1.82, 2.24) is 0 Å². The quantitative estimate of drug-likeness (QED) is 0.854. The van der Waals surface area contributed by atoms with E-state index < -0.39 is 0 Å². The number of fused-ring (bicyclic) bond motifs is 1. The van der Waals surface area contributed by atoms with Crippen molar-refractivity contribution in [1.29, 1.82) is 0 Å². The molecule has 0 fully saturated rings. The van der Waals surface area contributed by atoms with Gasteiger partial charge in [-0.2, -0.15) is 0 Å². The molecule has 2 N–H and O–H groups in total. The van der Waals surface area contributed by atoms with Gasteiger partial charge in [0, 0.05) is 35.1 Å². The third-order valence-electron chi connectivity index (χ3n) is 2.69. The summed E-state index contributed by atoms with van der Waals surface area (Å²) in [7, 11) is 0. The summed E-state index contributed by atoms with van der Waals surface area (Å²) < 4.78 is 0. The molecule has 0 aliphatic carbocycles. The molecule has 0 spiro atoms. The number of nitrogens with two attached hydrogens (primary N) is 1. The molecular formula is C12H16N2OS2. The fourth-order valence-electron chi connectivity index (χ4n) is 1.84. The highest BCUT2D eigenvalue weighted by molar-refractivity contribution is 8.00. The molecule has 0 radical (unpaired) electrons. The summed E-state index contributed by atoms with van der Waals surface area (Å²) >= 11 is 3.54. The van der Waals surface area contributed by atoms with E-state index in [1.54, 1.807) is 11.8 Å². The van der Waals surface area contributed by atoms with Gasteiger partial charge < -0.3 is 10.6 Å². The molecule has 0 bridgehead atoms. The van der Waals surface area contributed by atoms with E-state index in [0.29, 0.717) is 13.0 Å². The van der Waals surface area contributed by atoms with E-state index >= 15 is 0 Å². The van der Waals surface area contributed by atoms with Crippen LogP contribution in [0.15, 0.2) is 28.0 Å². The Balaban J connectivity index is 2.28. The van der Waals surface area contributed by atoms with Crippen LogP contribution in [0.4, 0.5) is 5.69 Å². The molecule has 0 unspecified atom stereocenters. The molecule has 1 heterocycles. The number of carbonyl (C=O) groups excluding carboxylic acids is 1. The number of hydrogen-bond donors (Lipinski definition) is 1. The van der Waals surface area contributed by atoms with Crippen molar-refractivity contribution < 1.29 is 4.79 Å². The highest BCUT2D eigenvalue weighted by Crippen LogP contribution is 2.37. The number of thioether (sulfide) groups is 2. The van der Waals surface area contributed by atoms with E-state index in [9.17, 15) is 4.79 Å². The highest BCUT2D eigenvalue weighted by Gasteiger charge is 2.22. The SMILES string of the molecule is CSc1ccc2c(c1)SCCN2C(=O)CCN. The molecule has 17 heavy (non-hydrogen) atoms. The maximum atomic E-state index is 11.9. The van der Waals surface area contributed by atoms with Crippen LogP contribution >= 0.6 is 23.5 Å². The minimum absolute atomic E-state index is 0.131. The number of carbonyl (C=O) groups is 1. The Kier molecular flexibility index (Phi) is 4.36. The van der Waals surface area contributed by atoms with Crippen LogP contribution < -0.4 is 10.6 Å². The Morgan fingerprint density at radius 3 is 3.12 bits per heavy atom. The zero-order valence-corrected chi connectivity index (χ0v) is 11.4. The smallest absolute Gasteiger partial charge is 0.228 e. The Bertz CT molecular complexity index is 423. The lowest BCUT2D eigenvalue weighted by Gasteiger charge is -2.29. The third kappa shape index (κ3) is 2.78. The van der Waals surface area contributed by atoms with E-state index in [4.69, 9.17) is 5.73 Å². The molecular weight excluding hydrogens is 252 g/mol. The molecule has 2 rings (SSSR count). The highest BCUT2D eigenvalue weighted by atomic mass is 32.2. The maximum absolute atomic E-state index is 11.9. The number of rotatable bonds is 3. The average Bonchev–Trinajstić information content (AvgIpc) is 2.37.